The number of nitrogens with one attached hydrogen (secondary N) is 1. The van der Waals surface area contributed by atoms with Crippen LogP contribution in [0, 0.1) is 0 Å². The van der Waals surface area contributed by atoms with Crippen LogP contribution in [0.15, 0.2) is 53.4 Å². The molecule has 20 heavy (non-hydrogen) atoms. The molecule has 0 spiro atoms. The summed E-state index contributed by atoms with van der Waals surface area (Å²) in [6.45, 7) is 2.21. The smallest absolute Gasteiger partial charge is 0.0603 e. The first-order valence-corrected chi connectivity index (χ1v) is 8.09. The molecule has 0 amide bonds. The molecule has 0 radical (unpaired) electrons. The van der Waals surface area contributed by atoms with Gasteiger partial charge in [0, 0.05) is 16.2 Å². The lowest BCUT2D eigenvalue weighted by atomic mass is 10.0. The summed E-state index contributed by atoms with van der Waals surface area (Å²) in [7, 11) is 1.99. The Morgan fingerprint density at radius 2 is 1.70 bits per heavy atom. The van der Waals surface area contributed by atoms with Gasteiger partial charge in [-0.2, -0.15) is 0 Å². The topological polar surface area (TPSA) is 12.0 Å². The first-order chi connectivity index (χ1) is 9.61. The average molecular weight is 326 g/mol. The molecule has 0 saturated carbocycles. The van der Waals surface area contributed by atoms with Crippen molar-refractivity contribution in [1.82, 2.24) is 5.32 Å². The van der Waals surface area contributed by atoms with Gasteiger partial charge in [0.15, 0.2) is 0 Å². The molecule has 0 aliphatic rings. The lowest BCUT2D eigenvalue weighted by molar-refractivity contribution is 0.589. The molecule has 2 atom stereocenters. The zero-order chi connectivity index (χ0) is 14.5. The average Bonchev–Trinajstić information content (AvgIpc) is 2.45. The number of benzene rings is 2. The quantitative estimate of drug-likeness (QED) is 0.735. The van der Waals surface area contributed by atoms with Gasteiger partial charge in [0.1, 0.15) is 0 Å². The first-order valence-electron chi connectivity index (χ1n) is 6.45. The van der Waals surface area contributed by atoms with Crippen molar-refractivity contribution in [3.05, 3.63) is 64.1 Å². The Hall–Kier alpha value is -0.670. The molecule has 0 aliphatic heterocycles. The van der Waals surface area contributed by atoms with E-state index in [1.807, 2.05) is 31.3 Å². The van der Waals surface area contributed by atoms with E-state index < -0.39 is 0 Å². The third-order valence-electron chi connectivity index (χ3n) is 3.15. The van der Waals surface area contributed by atoms with Gasteiger partial charge in [0.25, 0.3) is 0 Å². The standard InChI is InChI=1S/C16H17Cl2NS/c1-11(16(19-2)12-6-4-3-5-7-12)20-13-8-9-14(17)15(18)10-13/h3-11,16,19H,1-2H3. The number of thioether (sulfide) groups is 1. The Morgan fingerprint density at radius 3 is 2.30 bits per heavy atom. The molecule has 2 aromatic rings. The molecule has 1 N–H and O–H groups in total. The van der Waals surface area contributed by atoms with E-state index in [9.17, 15) is 0 Å². The van der Waals surface area contributed by atoms with Crippen LogP contribution in [-0.4, -0.2) is 12.3 Å². The van der Waals surface area contributed by atoms with Crippen molar-refractivity contribution in [2.75, 3.05) is 7.05 Å². The van der Waals surface area contributed by atoms with Crippen molar-refractivity contribution in [2.24, 2.45) is 0 Å². The summed E-state index contributed by atoms with van der Waals surface area (Å²) in [5.41, 5.74) is 1.29. The van der Waals surface area contributed by atoms with Gasteiger partial charge in [-0.1, -0.05) is 60.5 Å². The summed E-state index contributed by atoms with van der Waals surface area (Å²) >= 11 is 13.8. The molecule has 2 rings (SSSR count). The lowest BCUT2D eigenvalue weighted by Gasteiger charge is -2.23. The molecule has 1 nitrogen and oxygen atoms in total. The van der Waals surface area contributed by atoms with Crippen LogP contribution in [0.25, 0.3) is 0 Å². The minimum Gasteiger partial charge on any atom is -0.312 e. The highest BCUT2D eigenvalue weighted by molar-refractivity contribution is 8.00. The fraction of sp³-hybridized carbons (Fsp3) is 0.250. The van der Waals surface area contributed by atoms with Crippen molar-refractivity contribution in [3.8, 4) is 0 Å². The number of hydrogen-bond donors (Lipinski definition) is 1. The van der Waals surface area contributed by atoms with Gasteiger partial charge in [0.2, 0.25) is 0 Å². The molecular weight excluding hydrogens is 309 g/mol. The number of hydrogen-bond acceptors (Lipinski definition) is 2. The van der Waals surface area contributed by atoms with Crippen molar-refractivity contribution in [3.63, 3.8) is 0 Å². The largest absolute Gasteiger partial charge is 0.312 e. The van der Waals surface area contributed by atoms with Crippen LogP contribution in [0.1, 0.15) is 18.5 Å². The van der Waals surface area contributed by atoms with Gasteiger partial charge >= 0.3 is 0 Å². The zero-order valence-electron chi connectivity index (χ0n) is 11.4. The Bertz CT molecular complexity index is 560. The monoisotopic (exact) mass is 325 g/mol. The van der Waals surface area contributed by atoms with E-state index in [1.165, 1.54) is 5.56 Å². The van der Waals surface area contributed by atoms with Crippen molar-refractivity contribution < 1.29 is 0 Å². The van der Waals surface area contributed by atoms with Gasteiger partial charge in [-0.3, -0.25) is 0 Å². The van der Waals surface area contributed by atoms with Gasteiger partial charge < -0.3 is 5.32 Å². The molecule has 0 bridgehead atoms. The van der Waals surface area contributed by atoms with E-state index in [2.05, 4.69) is 36.5 Å². The Balaban J connectivity index is 2.13. The second-order valence-electron chi connectivity index (χ2n) is 4.58. The summed E-state index contributed by atoms with van der Waals surface area (Å²) in [6.07, 6.45) is 0. The molecule has 2 aromatic carbocycles. The number of rotatable bonds is 5. The summed E-state index contributed by atoms with van der Waals surface area (Å²) in [6, 6.07) is 16.5. The van der Waals surface area contributed by atoms with Gasteiger partial charge in [0.05, 0.1) is 10.0 Å². The predicted molar refractivity (Wildman–Crippen MR) is 90.0 cm³/mol. The van der Waals surface area contributed by atoms with Crippen LogP contribution < -0.4 is 5.32 Å². The summed E-state index contributed by atoms with van der Waals surface area (Å²) < 4.78 is 0. The molecule has 2 unspecified atom stereocenters. The minimum atomic E-state index is 0.288. The Morgan fingerprint density at radius 1 is 1.00 bits per heavy atom. The van der Waals surface area contributed by atoms with Crippen LogP contribution >= 0.6 is 35.0 Å². The SMILES string of the molecule is CNC(c1ccccc1)C(C)Sc1ccc(Cl)c(Cl)c1. The first kappa shape index (κ1) is 15.7. The maximum absolute atomic E-state index is 6.07. The Labute approximate surface area is 134 Å². The van der Waals surface area contributed by atoms with Crippen molar-refractivity contribution in [1.29, 1.82) is 0 Å². The molecule has 0 heterocycles. The van der Waals surface area contributed by atoms with Crippen LogP contribution in [-0.2, 0) is 0 Å². The molecule has 0 fully saturated rings. The summed E-state index contributed by atoms with van der Waals surface area (Å²) in [4.78, 5) is 1.13. The van der Waals surface area contributed by atoms with Crippen LogP contribution in [0.3, 0.4) is 0 Å². The van der Waals surface area contributed by atoms with Gasteiger partial charge in [-0.15, -0.1) is 11.8 Å². The highest BCUT2D eigenvalue weighted by Gasteiger charge is 2.18. The molecule has 0 aliphatic carbocycles. The fourth-order valence-electron chi connectivity index (χ4n) is 2.17. The maximum Gasteiger partial charge on any atom is 0.0603 e. The van der Waals surface area contributed by atoms with Crippen LogP contribution in [0.5, 0.6) is 0 Å². The normalized spacial score (nSPS) is 14.0. The fourth-order valence-corrected chi connectivity index (χ4v) is 3.72. The van der Waals surface area contributed by atoms with E-state index >= 15 is 0 Å². The summed E-state index contributed by atoms with van der Waals surface area (Å²) in [5, 5.41) is 4.95. The number of halogens is 2. The molecule has 0 aromatic heterocycles. The lowest BCUT2D eigenvalue weighted by Crippen LogP contribution is -2.25. The highest BCUT2D eigenvalue weighted by atomic mass is 35.5. The van der Waals surface area contributed by atoms with E-state index in [1.54, 1.807) is 11.8 Å². The molecule has 4 heteroatoms. The zero-order valence-corrected chi connectivity index (χ0v) is 13.8. The molecule has 0 saturated heterocycles. The van der Waals surface area contributed by atoms with E-state index in [0.717, 1.165) is 4.90 Å². The van der Waals surface area contributed by atoms with Crippen molar-refractivity contribution >= 4 is 35.0 Å². The van der Waals surface area contributed by atoms with Crippen LogP contribution in [0.4, 0.5) is 0 Å². The van der Waals surface area contributed by atoms with Crippen LogP contribution in [0.2, 0.25) is 10.0 Å². The Kier molecular flexibility index (Phi) is 5.79. The molecular formula is C16H17Cl2NS. The molecule has 106 valence electrons. The third-order valence-corrected chi connectivity index (χ3v) is 5.06. The second kappa shape index (κ2) is 7.37. The minimum absolute atomic E-state index is 0.288. The van der Waals surface area contributed by atoms with Gasteiger partial charge in [-0.25, -0.2) is 0 Å². The van der Waals surface area contributed by atoms with Gasteiger partial charge in [-0.05, 0) is 30.8 Å². The third kappa shape index (κ3) is 3.92. The second-order valence-corrected chi connectivity index (χ2v) is 6.84. The van der Waals surface area contributed by atoms with Crippen molar-refractivity contribution in [2.45, 2.75) is 23.1 Å². The highest BCUT2D eigenvalue weighted by Crippen LogP contribution is 2.34. The summed E-state index contributed by atoms with van der Waals surface area (Å²) in [5.74, 6) is 0. The predicted octanol–water partition coefficient (Wildman–Crippen LogP) is 5.43. The van der Waals surface area contributed by atoms with E-state index in [0.29, 0.717) is 15.3 Å². The van der Waals surface area contributed by atoms with E-state index in [4.69, 9.17) is 23.2 Å². The van der Waals surface area contributed by atoms with E-state index in [-0.39, 0.29) is 6.04 Å². The maximum atomic E-state index is 6.07.